The van der Waals surface area contributed by atoms with E-state index in [2.05, 4.69) is 10.3 Å². The molecule has 9 heteroatoms. The van der Waals surface area contributed by atoms with E-state index in [1.807, 2.05) is 30.3 Å². The number of methoxy groups -OCH3 is 1. The van der Waals surface area contributed by atoms with E-state index in [4.69, 9.17) is 16.3 Å². The van der Waals surface area contributed by atoms with Gasteiger partial charge >= 0.3 is 6.03 Å². The van der Waals surface area contributed by atoms with E-state index >= 15 is 0 Å². The predicted molar refractivity (Wildman–Crippen MR) is 135 cm³/mol. The Morgan fingerprint density at radius 3 is 2.63 bits per heavy atom. The normalized spacial score (nSPS) is 19.0. The molecular formula is C26H29ClN4O4. The molecule has 35 heavy (non-hydrogen) atoms. The summed E-state index contributed by atoms with van der Waals surface area (Å²) in [6.07, 6.45) is 1.38. The van der Waals surface area contributed by atoms with Gasteiger partial charge in [0.25, 0.3) is 0 Å². The lowest BCUT2D eigenvalue weighted by molar-refractivity contribution is -0.134. The molecule has 2 aromatic carbocycles. The van der Waals surface area contributed by atoms with Gasteiger partial charge in [0.05, 0.1) is 30.5 Å². The molecule has 2 aliphatic rings. The standard InChI is InChI=1S/C26H29ClN4O4/c1-16(33)31-15-26(9-11-30(12-10-26)25(34)29-20-6-4-3-5-19(20)27)23-18-8-7-17(35-2)13-21(18)28-24(23)22(31)14-32/h3-8,13,22,28,32H,9-12,14-15H2,1-2H3,(H,29,34)/t22-/m0/s1. The van der Waals surface area contributed by atoms with E-state index in [0.717, 1.165) is 27.9 Å². The van der Waals surface area contributed by atoms with Crippen molar-refractivity contribution < 1.29 is 19.4 Å². The van der Waals surface area contributed by atoms with Crippen molar-refractivity contribution in [1.29, 1.82) is 0 Å². The van der Waals surface area contributed by atoms with Crippen molar-refractivity contribution in [3.05, 3.63) is 58.7 Å². The molecule has 1 spiro atoms. The second kappa shape index (κ2) is 9.09. The molecule has 0 saturated carbocycles. The molecule has 0 unspecified atom stereocenters. The van der Waals surface area contributed by atoms with E-state index < -0.39 is 6.04 Å². The molecule has 3 amide bonds. The van der Waals surface area contributed by atoms with Crippen LogP contribution in [0.1, 0.15) is 37.1 Å². The average molecular weight is 497 g/mol. The second-order valence-electron chi connectivity index (χ2n) is 9.35. The van der Waals surface area contributed by atoms with Gasteiger partial charge in [-0.15, -0.1) is 0 Å². The van der Waals surface area contributed by atoms with Crippen molar-refractivity contribution in [1.82, 2.24) is 14.8 Å². The van der Waals surface area contributed by atoms with Crippen LogP contribution in [0.3, 0.4) is 0 Å². The van der Waals surface area contributed by atoms with Crippen LogP contribution >= 0.6 is 11.6 Å². The summed E-state index contributed by atoms with van der Waals surface area (Å²) in [6, 6.07) is 12.5. The first-order valence-electron chi connectivity index (χ1n) is 11.8. The molecule has 3 heterocycles. The number of fused-ring (bicyclic) bond motifs is 4. The van der Waals surface area contributed by atoms with Crippen molar-refractivity contribution in [2.24, 2.45) is 0 Å². The molecule has 0 bridgehead atoms. The summed E-state index contributed by atoms with van der Waals surface area (Å²) < 4.78 is 5.41. The second-order valence-corrected chi connectivity index (χ2v) is 9.76. The van der Waals surface area contributed by atoms with Crippen molar-refractivity contribution in [2.45, 2.75) is 31.2 Å². The topological polar surface area (TPSA) is 97.9 Å². The number of halogens is 1. The van der Waals surface area contributed by atoms with E-state index in [9.17, 15) is 14.7 Å². The fraction of sp³-hybridized carbons (Fsp3) is 0.385. The molecule has 184 valence electrons. The largest absolute Gasteiger partial charge is 0.497 e. The highest BCUT2D eigenvalue weighted by Crippen LogP contribution is 2.49. The van der Waals surface area contributed by atoms with Crippen LogP contribution in [0.4, 0.5) is 10.5 Å². The lowest BCUT2D eigenvalue weighted by Gasteiger charge is -2.50. The zero-order chi connectivity index (χ0) is 24.7. The summed E-state index contributed by atoms with van der Waals surface area (Å²) in [4.78, 5) is 32.6. The van der Waals surface area contributed by atoms with Crippen molar-refractivity contribution >= 4 is 40.1 Å². The number of carbonyl (C=O) groups is 2. The monoisotopic (exact) mass is 496 g/mol. The number of hydrogen-bond acceptors (Lipinski definition) is 4. The Balaban J connectivity index is 1.48. The first kappa shape index (κ1) is 23.5. The number of hydrogen-bond donors (Lipinski definition) is 3. The number of urea groups is 1. The summed E-state index contributed by atoms with van der Waals surface area (Å²) in [5.74, 6) is 0.657. The summed E-state index contributed by atoms with van der Waals surface area (Å²) in [5.41, 5.74) is 3.17. The summed E-state index contributed by atoms with van der Waals surface area (Å²) in [5, 5.41) is 14.7. The third-order valence-electron chi connectivity index (χ3n) is 7.45. The van der Waals surface area contributed by atoms with Crippen LogP contribution in [-0.4, -0.2) is 65.2 Å². The molecular weight excluding hydrogens is 468 g/mol. The summed E-state index contributed by atoms with van der Waals surface area (Å²) >= 11 is 6.21. The minimum atomic E-state index is -0.437. The molecule has 1 atom stereocenters. The van der Waals surface area contributed by atoms with E-state index in [1.54, 1.807) is 36.0 Å². The lowest BCUT2D eigenvalue weighted by Crippen LogP contribution is -2.55. The maximum absolute atomic E-state index is 13.0. The van der Waals surface area contributed by atoms with Crippen LogP contribution in [0.5, 0.6) is 5.75 Å². The Labute approximate surface area is 208 Å². The first-order chi connectivity index (χ1) is 16.9. The van der Waals surface area contributed by atoms with Gasteiger partial charge in [-0.2, -0.15) is 0 Å². The highest BCUT2D eigenvalue weighted by molar-refractivity contribution is 6.33. The number of benzene rings is 2. The number of H-pyrrole nitrogens is 1. The van der Waals surface area contributed by atoms with Crippen LogP contribution in [0.15, 0.2) is 42.5 Å². The van der Waals surface area contributed by atoms with Gasteiger partial charge in [0, 0.05) is 54.6 Å². The number of para-hydroxylation sites is 1. The van der Waals surface area contributed by atoms with Gasteiger partial charge in [-0.05, 0) is 42.7 Å². The molecule has 1 saturated heterocycles. The number of nitrogens with zero attached hydrogens (tertiary/aromatic N) is 2. The highest BCUT2D eigenvalue weighted by atomic mass is 35.5. The maximum atomic E-state index is 13.0. The van der Waals surface area contributed by atoms with Crippen LogP contribution in [0.25, 0.3) is 10.9 Å². The van der Waals surface area contributed by atoms with E-state index in [1.165, 1.54) is 0 Å². The van der Waals surface area contributed by atoms with Gasteiger partial charge in [0.1, 0.15) is 5.75 Å². The fourth-order valence-electron chi connectivity index (χ4n) is 5.64. The fourth-order valence-corrected chi connectivity index (χ4v) is 5.82. The average Bonchev–Trinajstić information content (AvgIpc) is 3.25. The maximum Gasteiger partial charge on any atom is 0.321 e. The van der Waals surface area contributed by atoms with Gasteiger partial charge in [-0.1, -0.05) is 23.7 Å². The van der Waals surface area contributed by atoms with Crippen molar-refractivity contribution in [3.63, 3.8) is 0 Å². The number of aliphatic hydroxyl groups is 1. The number of anilines is 1. The zero-order valence-corrected chi connectivity index (χ0v) is 20.6. The summed E-state index contributed by atoms with van der Waals surface area (Å²) in [6.45, 7) is 2.94. The number of ether oxygens (including phenoxy) is 1. The highest BCUT2D eigenvalue weighted by Gasteiger charge is 2.48. The molecule has 0 aliphatic carbocycles. The Kier molecular flexibility index (Phi) is 6.11. The van der Waals surface area contributed by atoms with Gasteiger partial charge < -0.3 is 29.9 Å². The molecule has 5 rings (SSSR count). The number of aliphatic hydroxyl groups excluding tert-OH is 1. The molecule has 3 aromatic rings. The van der Waals surface area contributed by atoms with Gasteiger partial charge in [0.2, 0.25) is 5.91 Å². The molecule has 1 aromatic heterocycles. The van der Waals surface area contributed by atoms with Gasteiger partial charge in [-0.3, -0.25) is 4.79 Å². The quantitative estimate of drug-likeness (QED) is 0.503. The van der Waals surface area contributed by atoms with Gasteiger partial charge in [0.15, 0.2) is 0 Å². The van der Waals surface area contributed by atoms with E-state index in [0.29, 0.717) is 43.2 Å². The van der Waals surface area contributed by atoms with E-state index in [-0.39, 0.29) is 24.0 Å². The first-order valence-corrected chi connectivity index (χ1v) is 12.1. The van der Waals surface area contributed by atoms with Gasteiger partial charge in [-0.25, -0.2) is 4.79 Å². The lowest BCUT2D eigenvalue weighted by atomic mass is 9.68. The number of aromatic nitrogens is 1. The smallest absolute Gasteiger partial charge is 0.321 e. The molecule has 8 nitrogen and oxygen atoms in total. The Bertz CT molecular complexity index is 1280. The zero-order valence-electron chi connectivity index (χ0n) is 19.8. The molecule has 1 fully saturated rings. The van der Waals surface area contributed by atoms with Crippen molar-refractivity contribution in [3.8, 4) is 5.75 Å². The predicted octanol–water partition coefficient (Wildman–Crippen LogP) is 4.29. The Morgan fingerprint density at radius 2 is 1.97 bits per heavy atom. The van der Waals surface area contributed by atoms with Crippen LogP contribution in [0.2, 0.25) is 5.02 Å². The number of amides is 3. The Hall–Kier alpha value is -3.23. The number of nitrogens with one attached hydrogen (secondary N) is 2. The molecule has 3 N–H and O–H groups in total. The Morgan fingerprint density at radius 1 is 1.23 bits per heavy atom. The van der Waals surface area contributed by atoms with Crippen molar-refractivity contribution in [2.75, 3.05) is 38.7 Å². The number of piperidine rings is 1. The minimum absolute atomic E-state index is 0.0794. The van der Waals surface area contributed by atoms with Crippen LogP contribution in [0, 0.1) is 0 Å². The number of carbonyl (C=O) groups excluding carboxylic acids is 2. The third-order valence-corrected chi connectivity index (χ3v) is 7.78. The number of aromatic amines is 1. The molecule has 2 aliphatic heterocycles. The third kappa shape index (κ3) is 4.00. The summed E-state index contributed by atoms with van der Waals surface area (Å²) in [7, 11) is 1.63. The SMILES string of the molecule is COc1ccc2c3c([nH]c2c1)[C@H](CO)N(C(C)=O)CC31CCN(C(=O)Nc2ccccc2Cl)CC1. The number of likely N-dealkylation sites (tertiary alicyclic amines) is 1. The van der Waals surface area contributed by atoms with Crippen LogP contribution < -0.4 is 10.1 Å². The minimum Gasteiger partial charge on any atom is -0.497 e. The number of rotatable bonds is 3. The molecule has 0 radical (unpaired) electrons. The van der Waals surface area contributed by atoms with Crippen LogP contribution in [-0.2, 0) is 10.2 Å².